The van der Waals surface area contributed by atoms with Crippen molar-refractivity contribution in [2.45, 2.75) is 19.8 Å². The summed E-state index contributed by atoms with van der Waals surface area (Å²) in [6, 6.07) is 47.0. The Morgan fingerprint density at radius 1 is 0.548 bits per heavy atom. The molecule has 0 saturated carbocycles. The predicted octanol–water partition coefficient (Wildman–Crippen LogP) is 11.3. The van der Waals surface area contributed by atoms with E-state index < -0.39 is 0 Å². The van der Waals surface area contributed by atoms with Gasteiger partial charge in [-0.05, 0) is 94.3 Å². The van der Waals surface area contributed by atoms with Crippen molar-refractivity contribution in [3.05, 3.63) is 157 Å². The summed E-state index contributed by atoms with van der Waals surface area (Å²) in [4.78, 5) is 0. The fourth-order valence-electron chi connectivity index (χ4n) is 6.51. The Morgan fingerprint density at radius 3 is 2.02 bits per heavy atom. The Labute approximate surface area is 246 Å². The molecule has 200 valence electrons. The van der Waals surface area contributed by atoms with E-state index in [0.717, 1.165) is 12.8 Å². The first-order valence-electron chi connectivity index (χ1n) is 14.8. The van der Waals surface area contributed by atoms with E-state index in [2.05, 4.69) is 157 Å². The number of aromatic nitrogens is 1. The lowest BCUT2D eigenvalue weighted by atomic mass is 9.96. The molecule has 0 N–H and O–H groups in total. The molecule has 1 heterocycles. The maximum Gasteiger partial charge on any atom is 0.0547 e. The fourth-order valence-corrected chi connectivity index (χ4v) is 6.51. The van der Waals surface area contributed by atoms with E-state index in [0.29, 0.717) is 0 Å². The van der Waals surface area contributed by atoms with Crippen LogP contribution in [-0.4, -0.2) is 4.57 Å². The van der Waals surface area contributed by atoms with Crippen LogP contribution in [0.5, 0.6) is 0 Å². The van der Waals surface area contributed by atoms with E-state index >= 15 is 0 Å². The van der Waals surface area contributed by atoms with Crippen molar-refractivity contribution in [3.8, 4) is 27.9 Å². The molecule has 0 bridgehead atoms. The molecule has 1 aliphatic rings. The number of nitrogens with zero attached hydrogens (tertiary/aromatic N) is 1. The van der Waals surface area contributed by atoms with Crippen LogP contribution in [-0.2, 0) is 0 Å². The van der Waals surface area contributed by atoms with E-state index in [1.807, 2.05) is 0 Å². The predicted molar refractivity (Wildman–Crippen MR) is 180 cm³/mol. The minimum atomic E-state index is 1.10. The molecular formula is C41H31N. The number of rotatable bonds is 4. The van der Waals surface area contributed by atoms with Gasteiger partial charge in [-0.25, -0.2) is 0 Å². The zero-order chi connectivity index (χ0) is 28.0. The van der Waals surface area contributed by atoms with Gasteiger partial charge >= 0.3 is 0 Å². The van der Waals surface area contributed by atoms with Crippen molar-refractivity contribution in [1.82, 2.24) is 4.57 Å². The second-order valence-electron chi connectivity index (χ2n) is 11.4. The van der Waals surface area contributed by atoms with Crippen LogP contribution in [0.1, 0.15) is 24.0 Å². The summed E-state index contributed by atoms with van der Waals surface area (Å²) in [7, 11) is 0. The van der Waals surface area contributed by atoms with Crippen LogP contribution < -0.4 is 0 Å². The molecule has 0 atom stereocenters. The third-order valence-corrected chi connectivity index (χ3v) is 8.67. The highest BCUT2D eigenvalue weighted by Gasteiger charge is 2.18. The number of fused-ring (bicyclic) bond motifs is 4. The molecule has 1 nitrogen and oxygen atoms in total. The standard InChI is InChI=1S/C41H31N/c1-28-17-19-30(20-18-28)31-21-23-32(24-22-31)37-15-8-16-39-41(37)38-26-34-11-5-6-12-35(34)27-40(38)42(39)36-14-7-13-33(25-36)29-9-3-2-4-10-29/h3,5-27H,2,4H2,1H3. The van der Waals surface area contributed by atoms with Gasteiger partial charge in [0, 0.05) is 16.5 Å². The maximum absolute atomic E-state index is 2.46. The van der Waals surface area contributed by atoms with Gasteiger partial charge in [0.2, 0.25) is 0 Å². The van der Waals surface area contributed by atoms with Crippen LogP contribution in [0.4, 0.5) is 0 Å². The quantitative estimate of drug-likeness (QED) is 0.210. The fraction of sp³-hybridized carbons (Fsp3) is 0.0732. The molecule has 0 unspecified atom stereocenters. The van der Waals surface area contributed by atoms with Crippen molar-refractivity contribution < 1.29 is 0 Å². The summed E-state index contributed by atoms with van der Waals surface area (Å²) in [5.74, 6) is 0. The molecule has 1 heteroatoms. The Hall–Kier alpha value is -5.14. The molecule has 1 aromatic heterocycles. The molecule has 1 aliphatic carbocycles. The Bertz CT molecular complexity index is 2170. The highest BCUT2D eigenvalue weighted by atomic mass is 15.0. The molecule has 0 spiro atoms. The van der Waals surface area contributed by atoms with Crippen LogP contribution in [0.15, 0.2) is 146 Å². The number of aryl methyl sites for hydroxylation is 1. The minimum Gasteiger partial charge on any atom is -0.309 e. The molecule has 7 aromatic rings. The summed E-state index contributed by atoms with van der Waals surface area (Å²) in [5.41, 5.74) is 12.5. The second kappa shape index (κ2) is 10.0. The number of benzene rings is 6. The van der Waals surface area contributed by atoms with E-state index in [-0.39, 0.29) is 0 Å². The minimum absolute atomic E-state index is 1.10. The zero-order valence-electron chi connectivity index (χ0n) is 23.7. The molecule has 0 amide bonds. The van der Waals surface area contributed by atoms with E-state index in [9.17, 15) is 0 Å². The van der Waals surface area contributed by atoms with Crippen molar-refractivity contribution >= 4 is 38.2 Å². The summed E-state index contributed by atoms with van der Waals surface area (Å²) in [6.07, 6.45) is 9.13. The molecule has 0 saturated heterocycles. The van der Waals surface area contributed by atoms with Gasteiger partial charge in [-0.15, -0.1) is 0 Å². The van der Waals surface area contributed by atoms with Gasteiger partial charge in [0.1, 0.15) is 0 Å². The van der Waals surface area contributed by atoms with Gasteiger partial charge in [0.05, 0.1) is 11.0 Å². The number of hydrogen-bond donors (Lipinski definition) is 0. The first-order valence-corrected chi connectivity index (χ1v) is 14.8. The smallest absolute Gasteiger partial charge is 0.0547 e. The topological polar surface area (TPSA) is 4.93 Å². The summed E-state index contributed by atoms with van der Waals surface area (Å²) >= 11 is 0. The lowest BCUT2D eigenvalue weighted by molar-refractivity contribution is 1.04. The Balaban J connectivity index is 1.36. The van der Waals surface area contributed by atoms with Crippen LogP contribution in [0.2, 0.25) is 0 Å². The van der Waals surface area contributed by atoms with Gasteiger partial charge in [-0.3, -0.25) is 0 Å². The first kappa shape index (κ1) is 24.6. The van der Waals surface area contributed by atoms with E-state index in [1.54, 1.807) is 0 Å². The average molecular weight is 538 g/mol. The lowest BCUT2D eigenvalue weighted by Gasteiger charge is -2.13. The molecule has 0 fully saturated rings. The molecule has 6 aromatic carbocycles. The third kappa shape index (κ3) is 4.17. The Morgan fingerprint density at radius 2 is 1.26 bits per heavy atom. The van der Waals surface area contributed by atoms with Gasteiger partial charge in [0.15, 0.2) is 0 Å². The molecule has 8 rings (SSSR count). The van der Waals surface area contributed by atoms with Gasteiger partial charge in [0.25, 0.3) is 0 Å². The van der Waals surface area contributed by atoms with Crippen molar-refractivity contribution in [2.75, 3.05) is 0 Å². The van der Waals surface area contributed by atoms with Crippen LogP contribution >= 0.6 is 0 Å². The molecule has 0 radical (unpaired) electrons. The first-order chi connectivity index (χ1) is 20.7. The van der Waals surface area contributed by atoms with Crippen molar-refractivity contribution in [1.29, 1.82) is 0 Å². The molecular weight excluding hydrogens is 506 g/mol. The summed E-state index contributed by atoms with van der Waals surface area (Å²) in [5, 5.41) is 5.10. The number of allylic oxidation sites excluding steroid dienone is 4. The SMILES string of the molecule is Cc1ccc(-c2ccc(-c3cccc4c3c3cc5ccccc5cc3n4-c3cccc(C4=CCCC=C4)c3)cc2)cc1. The Kier molecular flexibility index (Phi) is 5.89. The largest absolute Gasteiger partial charge is 0.309 e. The van der Waals surface area contributed by atoms with E-state index in [1.165, 1.54) is 77.2 Å². The molecule has 42 heavy (non-hydrogen) atoms. The lowest BCUT2D eigenvalue weighted by Crippen LogP contribution is -1.96. The van der Waals surface area contributed by atoms with Crippen molar-refractivity contribution in [3.63, 3.8) is 0 Å². The van der Waals surface area contributed by atoms with Gasteiger partial charge < -0.3 is 4.57 Å². The number of hydrogen-bond acceptors (Lipinski definition) is 0. The summed E-state index contributed by atoms with van der Waals surface area (Å²) < 4.78 is 2.46. The zero-order valence-corrected chi connectivity index (χ0v) is 23.7. The van der Waals surface area contributed by atoms with Crippen LogP contribution in [0.25, 0.3) is 66.1 Å². The second-order valence-corrected chi connectivity index (χ2v) is 11.4. The third-order valence-electron chi connectivity index (χ3n) is 8.67. The van der Waals surface area contributed by atoms with E-state index in [4.69, 9.17) is 0 Å². The van der Waals surface area contributed by atoms with Gasteiger partial charge in [-0.2, -0.15) is 0 Å². The maximum atomic E-state index is 2.46. The average Bonchev–Trinajstić information content (AvgIpc) is 3.38. The monoisotopic (exact) mass is 537 g/mol. The van der Waals surface area contributed by atoms with Gasteiger partial charge in [-0.1, -0.05) is 121 Å². The van der Waals surface area contributed by atoms with Crippen molar-refractivity contribution in [2.24, 2.45) is 0 Å². The molecule has 0 aliphatic heterocycles. The van der Waals surface area contributed by atoms with Crippen LogP contribution in [0.3, 0.4) is 0 Å². The highest BCUT2D eigenvalue weighted by Crippen LogP contribution is 2.41. The highest BCUT2D eigenvalue weighted by molar-refractivity contribution is 6.18. The van der Waals surface area contributed by atoms with Crippen LogP contribution in [0, 0.1) is 6.92 Å². The normalized spacial score (nSPS) is 13.2. The summed E-state index contributed by atoms with van der Waals surface area (Å²) in [6.45, 7) is 2.13.